The summed E-state index contributed by atoms with van der Waals surface area (Å²) in [6.45, 7) is 3.92. The average molecular weight is 400 g/mol. The fourth-order valence-electron chi connectivity index (χ4n) is 3.23. The molecule has 142 valence electrons. The lowest BCUT2D eigenvalue weighted by Gasteiger charge is -2.37. The number of hydrogen-bond donors (Lipinski definition) is 1. The SMILES string of the molecule is Cl.O=S(=O)(c1ccc(C(F)(F)F)cc1)N1CCN(C2CCNC2)CC1. The number of hydrogen-bond acceptors (Lipinski definition) is 4. The summed E-state index contributed by atoms with van der Waals surface area (Å²) < 4.78 is 64.3. The quantitative estimate of drug-likeness (QED) is 0.842. The fourth-order valence-corrected chi connectivity index (χ4v) is 4.65. The Hall–Kier alpha value is -0.870. The minimum atomic E-state index is -4.47. The molecule has 3 rings (SSSR count). The van der Waals surface area contributed by atoms with Gasteiger partial charge in [-0.1, -0.05) is 0 Å². The Morgan fingerprint density at radius 3 is 2.12 bits per heavy atom. The van der Waals surface area contributed by atoms with Gasteiger partial charge in [-0.25, -0.2) is 8.42 Å². The van der Waals surface area contributed by atoms with Crippen molar-refractivity contribution < 1.29 is 21.6 Å². The van der Waals surface area contributed by atoms with Crippen LogP contribution in [0.5, 0.6) is 0 Å². The van der Waals surface area contributed by atoms with Gasteiger partial charge >= 0.3 is 6.18 Å². The molecule has 5 nitrogen and oxygen atoms in total. The second-order valence-electron chi connectivity index (χ2n) is 6.11. The molecule has 1 aromatic carbocycles. The van der Waals surface area contributed by atoms with Crippen LogP contribution in [0, 0.1) is 0 Å². The standard InChI is InChI=1S/C15H20F3N3O2S.ClH/c16-15(17,18)12-1-3-14(4-2-12)24(22,23)21-9-7-20(8-10-21)13-5-6-19-11-13;/h1-4,13,19H,5-11H2;1H. The number of sulfonamides is 1. The molecule has 2 heterocycles. The zero-order chi connectivity index (χ0) is 17.4. The van der Waals surface area contributed by atoms with Gasteiger partial charge < -0.3 is 5.32 Å². The molecule has 0 radical (unpaired) electrons. The van der Waals surface area contributed by atoms with Gasteiger partial charge in [-0.2, -0.15) is 17.5 Å². The van der Waals surface area contributed by atoms with Crippen LogP contribution >= 0.6 is 12.4 Å². The Morgan fingerprint density at radius 1 is 1.04 bits per heavy atom. The van der Waals surface area contributed by atoms with Crippen molar-refractivity contribution in [2.24, 2.45) is 0 Å². The largest absolute Gasteiger partial charge is 0.416 e. The van der Waals surface area contributed by atoms with Gasteiger partial charge in [-0.05, 0) is 37.2 Å². The summed E-state index contributed by atoms with van der Waals surface area (Å²) in [7, 11) is -3.75. The van der Waals surface area contributed by atoms with Crippen LogP contribution in [0.25, 0.3) is 0 Å². The number of alkyl halides is 3. The van der Waals surface area contributed by atoms with E-state index in [2.05, 4.69) is 10.2 Å². The average Bonchev–Trinajstić information content (AvgIpc) is 3.09. The van der Waals surface area contributed by atoms with Crippen molar-refractivity contribution in [3.8, 4) is 0 Å². The number of benzene rings is 1. The number of rotatable bonds is 3. The Balaban J connectivity index is 0.00000225. The Morgan fingerprint density at radius 2 is 1.64 bits per heavy atom. The minimum Gasteiger partial charge on any atom is -0.315 e. The maximum absolute atomic E-state index is 12.6. The van der Waals surface area contributed by atoms with Crippen LogP contribution in [0.4, 0.5) is 13.2 Å². The van der Waals surface area contributed by atoms with E-state index in [9.17, 15) is 21.6 Å². The van der Waals surface area contributed by atoms with Crippen molar-refractivity contribution in [3.05, 3.63) is 29.8 Å². The smallest absolute Gasteiger partial charge is 0.315 e. The van der Waals surface area contributed by atoms with E-state index >= 15 is 0 Å². The molecule has 2 fully saturated rings. The first-order valence-electron chi connectivity index (χ1n) is 7.91. The van der Waals surface area contributed by atoms with E-state index in [1.54, 1.807) is 0 Å². The van der Waals surface area contributed by atoms with E-state index in [4.69, 9.17) is 0 Å². The molecular weight excluding hydrogens is 379 g/mol. The van der Waals surface area contributed by atoms with Crippen molar-refractivity contribution in [1.29, 1.82) is 0 Å². The summed E-state index contributed by atoms with van der Waals surface area (Å²) in [5.74, 6) is 0. The fraction of sp³-hybridized carbons (Fsp3) is 0.600. The van der Waals surface area contributed by atoms with Gasteiger partial charge in [-0.3, -0.25) is 4.90 Å². The predicted octanol–water partition coefficient (Wildman–Crippen LogP) is 1.80. The summed E-state index contributed by atoms with van der Waals surface area (Å²) in [5, 5.41) is 3.29. The maximum Gasteiger partial charge on any atom is 0.416 e. The molecule has 1 atom stereocenters. The van der Waals surface area contributed by atoms with Gasteiger partial charge in [0.1, 0.15) is 0 Å². The van der Waals surface area contributed by atoms with Crippen LogP contribution in [0.1, 0.15) is 12.0 Å². The topological polar surface area (TPSA) is 52.7 Å². The van der Waals surface area contributed by atoms with Crippen LogP contribution in [0.15, 0.2) is 29.2 Å². The van der Waals surface area contributed by atoms with E-state index in [1.165, 1.54) is 4.31 Å². The van der Waals surface area contributed by atoms with Crippen LogP contribution in [-0.4, -0.2) is 62.9 Å². The Kier molecular flexibility index (Phi) is 6.37. The third kappa shape index (κ3) is 4.46. The van der Waals surface area contributed by atoms with E-state index < -0.39 is 21.8 Å². The Bertz CT molecular complexity index is 668. The molecule has 1 unspecified atom stereocenters. The number of nitrogens with one attached hydrogen (secondary N) is 1. The van der Waals surface area contributed by atoms with Crippen molar-refractivity contribution in [1.82, 2.24) is 14.5 Å². The molecule has 0 aromatic heterocycles. The summed E-state index contributed by atoms with van der Waals surface area (Å²) in [6.07, 6.45) is -3.41. The lowest BCUT2D eigenvalue weighted by Crippen LogP contribution is -2.52. The zero-order valence-electron chi connectivity index (χ0n) is 13.5. The first kappa shape index (κ1) is 20.4. The van der Waals surface area contributed by atoms with Gasteiger partial charge in [0.15, 0.2) is 0 Å². The highest BCUT2D eigenvalue weighted by Crippen LogP contribution is 2.30. The van der Waals surface area contributed by atoms with Crippen molar-refractivity contribution in [3.63, 3.8) is 0 Å². The number of nitrogens with zero attached hydrogens (tertiary/aromatic N) is 2. The van der Waals surface area contributed by atoms with Gasteiger partial charge in [0.05, 0.1) is 10.5 Å². The molecule has 0 amide bonds. The van der Waals surface area contributed by atoms with Crippen molar-refractivity contribution >= 4 is 22.4 Å². The van der Waals surface area contributed by atoms with Crippen LogP contribution in [-0.2, 0) is 16.2 Å². The van der Waals surface area contributed by atoms with Gasteiger partial charge in [0.2, 0.25) is 10.0 Å². The van der Waals surface area contributed by atoms with E-state index in [1.807, 2.05) is 0 Å². The Labute approximate surface area is 151 Å². The normalized spacial score (nSPS) is 23.4. The molecule has 2 saturated heterocycles. The van der Waals surface area contributed by atoms with Crippen LogP contribution in [0.2, 0.25) is 0 Å². The molecule has 0 saturated carbocycles. The maximum atomic E-state index is 12.6. The monoisotopic (exact) mass is 399 g/mol. The van der Waals surface area contributed by atoms with Crippen LogP contribution < -0.4 is 5.32 Å². The van der Waals surface area contributed by atoms with E-state index in [0.29, 0.717) is 32.2 Å². The van der Waals surface area contributed by atoms with Crippen molar-refractivity contribution in [2.75, 3.05) is 39.3 Å². The first-order valence-corrected chi connectivity index (χ1v) is 9.35. The van der Waals surface area contributed by atoms with Gasteiger partial charge in [0.25, 0.3) is 0 Å². The molecule has 25 heavy (non-hydrogen) atoms. The van der Waals surface area contributed by atoms with Gasteiger partial charge in [0, 0.05) is 38.8 Å². The minimum absolute atomic E-state index is 0. The summed E-state index contributed by atoms with van der Waals surface area (Å²) in [6, 6.07) is 4.14. The molecule has 2 aliphatic rings. The molecule has 0 bridgehead atoms. The summed E-state index contributed by atoms with van der Waals surface area (Å²) in [4.78, 5) is 2.19. The predicted molar refractivity (Wildman–Crippen MR) is 90.3 cm³/mol. The molecule has 2 aliphatic heterocycles. The lowest BCUT2D eigenvalue weighted by molar-refractivity contribution is -0.137. The third-order valence-corrected chi connectivity index (χ3v) is 6.56. The summed E-state index contributed by atoms with van der Waals surface area (Å²) >= 11 is 0. The van der Waals surface area contributed by atoms with Crippen molar-refractivity contribution in [2.45, 2.75) is 23.5 Å². The van der Waals surface area contributed by atoms with E-state index in [0.717, 1.165) is 43.8 Å². The third-order valence-electron chi connectivity index (χ3n) is 4.64. The molecule has 1 N–H and O–H groups in total. The summed E-state index contributed by atoms with van der Waals surface area (Å²) in [5.41, 5.74) is -0.847. The second kappa shape index (κ2) is 7.79. The molecule has 0 spiro atoms. The highest BCUT2D eigenvalue weighted by atomic mass is 35.5. The first-order chi connectivity index (χ1) is 11.3. The number of halogens is 4. The molecule has 0 aliphatic carbocycles. The van der Waals surface area contributed by atoms with Crippen LogP contribution in [0.3, 0.4) is 0 Å². The van der Waals surface area contributed by atoms with E-state index in [-0.39, 0.29) is 17.3 Å². The molecular formula is C15H21ClF3N3O2S. The lowest BCUT2D eigenvalue weighted by atomic mass is 10.2. The molecule has 10 heteroatoms. The highest BCUT2D eigenvalue weighted by molar-refractivity contribution is 7.89. The zero-order valence-corrected chi connectivity index (χ0v) is 15.1. The van der Waals surface area contributed by atoms with Gasteiger partial charge in [-0.15, -0.1) is 12.4 Å². The highest BCUT2D eigenvalue weighted by Gasteiger charge is 2.33. The molecule has 1 aromatic rings. The number of piperazine rings is 1. The second-order valence-corrected chi connectivity index (χ2v) is 8.05.